The minimum absolute atomic E-state index is 0.0913. The van der Waals surface area contributed by atoms with Crippen LogP contribution in [0.15, 0.2) is 0 Å². The van der Waals surface area contributed by atoms with Crippen molar-refractivity contribution in [2.75, 3.05) is 13.1 Å². The van der Waals surface area contributed by atoms with Gasteiger partial charge in [-0.2, -0.15) is 0 Å². The molecule has 0 N–H and O–H groups in total. The first-order valence-corrected chi connectivity index (χ1v) is 8.30. The lowest BCUT2D eigenvalue weighted by molar-refractivity contribution is -0.145. The third kappa shape index (κ3) is 3.73. The standard InChI is InChI=1S/C17H30N2O3/c1-16(2,3)14(20)18-10-12-8-7-9-13(11-18)19(12)15(21)22-17(4,5)6/h12-13H,7-11H2,1-6H3. The molecule has 2 saturated heterocycles. The van der Waals surface area contributed by atoms with Crippen molar-refractivity contribution in [2.24, 2.45) is 5.41 Å². The van der Waals surface area contributed by atoms with Gasteiger partial charge in [-0.15, -0.1) is 0 Å². The number of ether oxygens (including phenoxy) is 1. The predicted molar refractivity (Wildman–Crippen MR) is 85.5 cm³/mol. The molecule has 0 radical (unpaired) electrons. The number of carbonyl (C=O) groups is 2. The average molecular weight is 310 g/mol. The minimum Gasteiger partial charge on any atom is -0.444 e. The van der Waals surface area contributed by atoms with Crippen LogP contribution in [0.2, 0.25) is 0 Å². The van der Waals surface area contributed by atoms with Crippen molar-refractivity contribution in [1.29, 1.82) is 0 Å². The van der Waals surface area contributed by atoms with Crippen LogP contribution in [-0.2, 0) is 9.53 Å². The molecular weight excluding hydrogens is 280 g/mol. The Kier molecular flexibility index (Phi) is 4.46. The van der Waals surface area contributed by atoms with Crippen molar-refractivity contribution in [3.63, 3.8) is 0 Å². The van der Waals surface area contributed by atoms with Gasteiger partial charge in [0.05, 0.1) is 12.1 Å². The first-order valence-electron chi connectivity index (χ1n) is 8.30. The van der Waals surface area contributed by atoms with Gasteiger partial charge in [0.25, 0.3) is 0 Å². The Morgan fingerprint density at radius 2 is 1.45 bits per heavy atom. The molecule has 2 aliphatic heterocycles. The summed E-state index contributed by atoms with van der Waals surface area (Å²) in [6.45, 7) is 12.8. The highest BCUT2D eigenvalue weighted by Gasteiger charge is 2.44. The highest BCUT2D eigenvalue weighted by atomic mass is 16.6. The van der Waals surface area contributed by atoms with E-state index in [4.69, 9.17) is 4.74 Å². The van der Waals surface area contributed by atoms with E-state index in [1.54, 1.807) is 0 Å². The number of piperidine rings is 1. The van der Waals surface area contributed by atoms with Crippen LogP contribution in [0.5, 0.6) is 0 Å². The lowest BCUT2D eigenvalue weighted by Gasteiger charge is -2.50. The van der Waals surface area contributed by atoms with E-state index in [1.807, 2.05) is 51.3 Å². The molecule has 2 atom stereocenters. The molecule has 2 aliphatic rings. The normalized spacial score (nSPS) is 25.9. The van der Waals surface area contributed by atoms with Crippen LogP contribution >= 0.6 is 0 Å². The number of likely N-dealkylation sites (tertiary alicyclic amines) is 1. The zero-order chi connectivity index (χ0) is 16.7. The fraction of sp³-hybridized carbons (Fsp3) is 0.882. The molecule has 2 unspecified atom stereocenters. The molecule has 2 rings (SSSR count). The summed E-state index contributed by atoms with van der Waals surface area (Å²) in [6, 6.07) is 0.183. The number of carbonyl (C=O) groups excluding carboxylic acids is 2. The van der Waals surface area contributed by atoms with E-state index >= 15 is 0 Å². The maximum absolute atomic E-state index is 12.5. The molecule has 2 bridgehead atoms. The largest absolute Gasteiger partial charge is 0.444 e. The zero-order valence-electron chi connectivity index (χ0n) is 14.8. The number of amides is 2. The topological polar surface area (TPSA) is 49.9 Å². The van der Waals surface area contributed by atoms with E-state index in [9.17, 15) is 9.59 Å². The first kappa shape index (κ1) is 17.1. The maximum Gasteiger partial charge on any atom is 0.410 e. The Morgan fingerprint density at radius 3 is 1.86 bits per heavy atom. The Bertz CT molecular complexity index is 434. The molecule has 0 aromatic rings. The molecule has 5 nitrogen and oxygen atoms in total. The smallest absolute Gasteiger partial charge is 0.410 e. The van der Waals surface area contributed by atoms with Crippen molar-refractivity contribution in [3.05, 3.63) is 0 Å². The molecule has 22 heavy (non-hydrogen) atoms. The Morgan fingerprint density at radius 1 is 0.955 bits per heavy atom. The van der Waals surface area contributed by atoms with Crippen LogP contribution in [-0.4, -0.2) is 52.6 Å². The van der Waals surface area contributed by atoms with E-state index in [0.717, 1.165) is 19.3 Å². The second-order valence-electron chi connectivity index (χ2n) is 8.59. The van der Waals surface area contributed by atoms with Gasteiger partial charge in [-0.1, -0.05) is 20.8 Å². The van der Waals surface area contributed by atoms with Crippen LogP contribution in [0.1, 0.15) is 60.8 Å². The molecule has 2 amide bonds. The summed E-state index contributed by atoms with van der Waals surface area (Å²) in [5.74, 6) is 0.174. The van der Waals surface area contributed by atoms with Crippen LogP contribution < -0.4 is 0 Å². The molecule has 0 aromatic carbocycles. The van der Waals surface area contributed by atoms with Gasteiger partial charge in [0, 0.05) is 18.5 Å². The fourth-order valence-electron chi connectivity index (χ4n) is 3.36. The highest BCUT2D eigenvalue weighted by Crippen LogP contribution is 2.32. The van der Waals surface area contributed by atoms with Gasteiger partial charge >= 0.3 is 6.09 Å². The Labute approximate surface area is 134 Å². The third-order valence-corrected chi connectivity index (χ3v) is 4.26. The molecule has 5 heteroatoms. The average Bonchev–Trinajstić information content (AvgIpc) is 2.32. The quantitative estimate of drug-likeness (QED) is 0.691. The summed E-state index contributed by atoms with van der Waals surface area (Å²) in [5.41, 5.74) is -0.855. The van der Waals surface area contributed by atoms with Gasteiger partial charge in [-0.25, -0.2) is 4.79 Å². The second kappa shape index (κ2) is 5.74. The van der Waals surface area contributed by atoms with Crippen LogP contribution in [0.3, 0.4) is 0 Å². The number of hydrogen-bond donors (Lipinski definition) is 0. The zero-order valence-corrected chi connectivity index (χ0v) is 14.8. The van der Waals surface area contributed by atoms with E-state index in [0.29, 0.717) is 13.1 Å². The first-order chi connectivity index (χ1) is 9.99. The van der Waals surface area contributed by atoms with Crippen molar-refractivity contribution < 1.29 is 14.3 Å². The summed E-state index contributed by atoms with van der Waals surface area (Å²) in [4.78, 5) is 28.9. The monoisotopic (exact) mass is 310 g/mol. The molecule has 2 fully saturated rings. The van der Waals surface area contributed by atoms with Gasteiger partial charge < -0.3 is 9.64 Å². The molecule has 2 heterocycles. The van der Waals surface area contributed by atoms with Gasteiger partial charge in [-0.05, 0) is 40.0 Å². The van der Waals surface area contributed by atoms with Gasteiger partial charge in [-0.3, -0.25) is 9.69 Å². The number of rotatable bonds is 0. The lowest BCUT2D eigenvalue weighted by Crippen LogP contribution is -2.64. The fourth-order valence-corrected chi connectivity index (χ4v) is 3.36. The number of hydrogen-bond acceptors (Lipinski definition) is 3. The third-order valence-electron chi connectivity index (χ3n) is 4.26. The summed E-state index contributed by atoms with van der Waals surface area (Å²) < 4.78 is 5.56. The van der Waals surface area contributed by atoms with Gasteiger partial charge in [0.15, 0.2) is 0 Å². The van der Waals surface area contributed by atoms with Crippen LogP contribution in [0, 0.1) is 5.41 Å². The number of fused-ring (bicyclic) bond motifs is 2. The van der Waals surface area contributed by atoms with Crippen molar-refractivity contribution in [3.8, 4) is 0 Å². The van der Waals surface area contributed by atoms with Gasteiger partial charge in [0.1, 0.15) is 5.60 Å². The summed E-state index contributed by atoms with van der Waals surface area (Å²) in [5, 5.41) is 0. The summed E-state index contributed by atoms with van der Waals surface area (Å²) in [7, 11) is 0. The van der Waals surface area contributed by atoms with E-state index in [-0.39, 0.29) is 29.5 Å². The van der Waals surface area contributed by atoms with E-state index in [1.165, 1.54) is 0 Å². The molecule has 0 aromatic heterocycles. The number of nitrogens with zero attached hydrogens (tertiary/aromatic N) is 2. The highest BCUT2D eigenvalue weighted by molar-refractivity contribution is 5.82. The van der Waals surface area contributed by atoms with Crippen LogP contribution in [0.4, 0.5) is 4.79 Å². The predicted octanol–water partition coefficient (Wildman–Crippen LogP) is 3.03. The van der Waals surface area contributed by atoms with Crippen molar-refractivity contribution in [1.82, 2.24) is 9.80 Å². The van der Waals surface area contributed by atoms with Crippen LogP contribution in [0.25, 0.3) is 0 Å². The molecule has 126 valence electrons. The van der Waals surface area contributed by atoms with E-state index in [2.05, 4.69) is 0 Å². The van der Waals surface area contributed by atoms with Crippen molar-refractivity contribution >= 4 is 12.0 Å². The Hall–Kier alpha value is -1.26. The summed E-state index contributed by atoms with van der Waals surface area (Å²) >= 11 is 0. The Balaban J connectivity index is 2.12. The second-order valence-corrected chi connectivity index (χ2v) is 8.59. The maximum atomic E-state index is 12.5. The molecule has 0 spiro atoms. The SMILES string of the molecule is CC(C)(C)OC(=O)N1C2CCCC1CN(C(=O)C(C)(C)C)C2. The molecule has 0 saturated carbocycles. The van der Waals surface area contributed by atoms with Gasteiger partial charge in [0.2, 0.25) is 5.91 Å². The number of piperazine rings is 1. The molecule has 0 aliphatic carbocycles. The minimum atomic E-state index is -0.482. The summed E-state index contributed by atoms with van der Waals surface area (Å²) in [6.07, 6.45) is 2.78. The van der Waals surface area contributed by atoms with E-state index < -0.39 is 5.60 Å². The van der Waals surface area contributed by atoms with Crippen molar-refractivity contribution in [2.45, 2.75) is 78.5 Å². The molecular formula is C17H30N2O3. The lowest BCUT2D eigenvalue weighted by atomic mass is 9.88.